The van der Waals surface area contributed by atoms with Crippen molar-refractivity contribution in [1.29, 1.82) is 5.26 Å². The second kappa shape index (κ2) is 8.68. The number of hydrogen-bond donors (Lipinski definition) is 0. The average Bonchev–Trinajstić information content (AvgIpc) is 3.18. The number of ketones is 1. The monoisotopic (exact) mass is 431 g/mol. The third kappa shape index (κ3) is 4.63. The maximum Gasteiger partial charge on any atom is 0.389 e. The van der Waals surface area contributed by atoms with Gasteiger partial charge in [-0.05, 0) is 24.6 Å². The lowest BCUT2D eigenvalue weighted by molar-refractivity contribution is -0.133. The summed E-state index contributed by atoms with van der Waals surface area (Å²) in [6, 6.07) is 10.8. The summed E-state index contributed by atoms with van der Waals surface area (Å²) in [5.74, 6) is -0.781. The predicted molar refractivity (Wildman–Crippen MR) is 108 cm³/mol. The first-order valence-electron chi connectivity index (χ1n) is 9.41. The molecule has 31 heavy (non-hydrogen) atoms. The predicted octanol–water partition coefficient (Wildman–Crippen LogP) is 5.19. The van der Waals surface area contributed by atoms with Gasteiger partial charge in [-0.2, -0.15) is 18.4 Å². The Labute approximate surface area is 176 Å². The van der Waals surface area contributed by atoms with Gasteiger partial charge in [-0.25, -0.2) is 4.98 Å². The molecule has 162 valence electrons. The van der Waals surface area contributed by atoms with Crippen LogP contribution < -0.4 is 9.47 Å². The second-order valence-corrected chi connectivity index (χ2v) is 6.98. The van der Waals surface area contributed by atoms with Crippen LogP contribution in [0.15, 0.2) is 36.7 Å². The highest BCUT2D eigenvalue weighted by Gasteiger charge is 2.30. The molecule has 0 aliphatic carbocycles. The number of halogens is 3. The van der Waals surface area contributed by atoms with E-state index >= 15 is 0 Å². The minimum atomic E-state index is -4.44. The number of carbonyl (C=O) groups is 1. The van der Waals surface area contributed by atoms with Gasteiger partial charge in [-0.15, -0.1) is 0 Å². The summed E-state index contributed by atoms with van der Waals surface area (Å²) in [7, 11) is 2.67. The van der Waals surface area contributed by atoms with Gasteiger partial charge in [0.25, 0.3) is 0 Å². The number of aromatic nitrogens is 2. The lowest BCUT2D eigenvalue weighted by Crippen LogP contribution is -2.13. The zero-order valence-corrected chi connectivity index (χ0v) is 17.2. The highest BCUT2D eigenvalue weighted by atomic mass is 19.4. The summed E-state index contributed by atoms with van der Waals surface area (Å²) in [4.78, 5) is 16.9. The van der Waals surface area contributed by atoms with Gasteiger partial charge in [0.05, 0.1) is 49.3 Å². The number of hydrogen-bond acceptors (Lipinski definition) is 5. The molecule has 1 heterocycles. The van der Waals surface area contributed by atoms with E-state index < -0.39 is 24.8 Å². The number of methoxy groups -OCH3 is 2. The maximum absolute atomic E-state index is 12.6. The van der Waals surface area contributed by atoms with Crippen LogP contribution in [0, 0.1) is 11.3 Å². The Balaban J connectivity index is 2.05. The Morgan fingerprint density at radius 3 is 2.39 bits per heavy atom. The number of ether oxygens (including phenoxy) is 2. The van der Waals surface area contributed by atoms with E-state index in [1.54, 1.807) is 30.0 Å². The van der Waals surface area contributed by atoms with Gasteiger partial charge in [0.15, 0.2) is 5.78 Å². The van der Waals surface area contributed by atoms with Crippen LogP contribution in [0.3, 0.4) is 0 Å². The first-order valence-corrected chi connectivity index (χ1v) is 9.41. The van der Waals surface area contributed by atoms with E-state index in [0.717, 1.165) is 11.1 Å². The third-order valence-corrected chi connectivity index (χ3v) is 4.95. The Morgan fingerprint density at radius 2 is 1.84 bits per heavy atom. The molecular formula is C22H20F3N3O3. The van der Waals surface area contributed by atoms with Gasteiger partial charge in [0, 0.05) is 18.6 Å². The van der Waals surface area contributed by atoms with Crippen molar-refractivity contribution in [2.75, 3.05) is 14.2 Å². The molecule has 3 rings (SSSR count). The van der Waals surface area contributed by atoms with Gasteiger partial charge < -0.3 is 9.47 Å². The van der Waals surface area contributed by atoms with Gasteiger partial charge in [-0.1, -0.05) is 6.07 Å². The molecule has 0 saturated heterocycles. The van der Waals surface area contributed by atoms with Crippen molar-refractivity contribution < 1.29 is 27.4 Å². The summed E-state index contributed by atoms with van der Waals surface area (Å²) >= 11 is 0. The Bertz CT molecular complexity index is 1140. The Hall–Kier alpha value is -3.54. The average molecular weight is 431 g/mol. The van der Waals surface area contributed by atoms with Crippen molar-refractivity contribution in [2.45, 2.75) is 31.9 Å². The number of rotatable bonds is 7. The lowest BCUT2D eigenvalue weighted by Gasteiger charge is -2.16. The number of imidazole rings is 1. The number of Topliss-reactive ketones (excluding diaryl/α,β-unsaturated/α-hetero) is 1. The van der Waals surface area contributed by atoms with Gasteiger partial charge in [-0.3, -0.25) is 9.36 Å². The Morgan fingerprint density at radius 1 is 1.19 bits per heavy atom. The third-order valence-electron chi connectivity index (χ3n) is 4.95. The van der Waals surface area contributed by atoms with Crippen LogP contribution in [0.1, 0.15) is 41.6 Å². The van der Waals surface area contributed by atoms with Crippen LogP contribution in [0.2, 0.25) is 0 Å². The fourth-order valence-corrected chi connectivity index (χ4v) is 3.27. The molecule has 0 radical (unpaired) electrons. The molecule has 1 atom stereocenters. The highest BCUT2D eigenvalue weighted by Crippen LogP contribution is 2.35. The van der Waals surface area contributed by atoms with E-state index in [0.29, 0.717) is 11.2 Å². The van der Waals surface area contributed by atoms with Crippen LogP contribution in [0.5, 0.6) is 11.5 Å². The number of carbonyl (C=O) groups excluding carboxylic acids is 1. The number of alkyl halides is 3. The van der Waals surface area contributed by atoms with Gasteiger partial charge in [0.1, 0.15) is 23.4 Å². The van der Waals surface area contributed by atoms with Crippen molar-refractivity contribution >= 4 is 16.8 Å². The highest BCUT2D eigenvalue weighted by molar-refractivity contribution is 6.01. The number of nitrogens with zero attached hydrogens (tertiary/aromatic N) is 3. The zero-order chi connectivity index (χ0) is 22.8. The summed E-state index contributed by atoms with van der Waals surface area (Å²) in [6.45, 7) is 1.79. The first kappa shape index (κ1) is 22.2. The molecule has 1 aromatic heterocycles. The van der Waals surface area contributed by atoms with Gasteiger partial charge in [0.2, 0.25) is 0 Å². The molecule has 2 aromatic carbocycles. The number of benzene rings is 2. The minimum Gasteiger partial charge on any atom is -0.496 e. The quantitative estimate of drug-likeness (QED) is 0.481. The van der Waals surface area contributed by atoms with Crippen molar-refractivity contribution in [3.8, 4) is 23.3 Å². The molecule has 0 fully saturated rings. The maximum atomic E-state index is 12.6. The second-order valence-electron chi connectivity index (χ2n) is 6.98. The summed E-state index contributed by atoms with van der Waals surface area (Å²) in [6.07, 6.45) is -4.79. The van der Waals surface area contributed by atoms with E-state index in [2.05, 4.69) is 11.1 Å². The van der Waals surface area contributed by atoms with Crippen molar-refractivity contribution in [2.24, 2.45) is 0 Å². The van der Waals surface area contributed by atoms with Crippen molar-refractivity contribution in [3.63, 3.8) is 0 Å². The fraction of sp³-hybridized carbons (Fsp3) is 0.318. The van der Waals surface area contributed by atoms with Crippen LogP contribution in [-0.4, -0.2) is 35.7 Å². The molecule has 0 saturated carbocycles. The van der Waals surface area contributed by atoms with E-state index in [4.69, 9.17) is 14.7 Å². The number of fused-ring (bicyclic) bond motifs is 1. The van der Waals surface area contributed by atoms with Gasteiger partial charge >= 0.3 is 6.18 Å². The molecular weight excluding hydrogens is 411 g/mol. The Kier molecular flexibility index (Phi) is 6.20. The van der Waals surface area contributed by atoms with Crippen molar-refractivity contribution in [3.05, 3.63) is 47.8 Å². The zero-order valence-electron chi connectivity index (χ0n) is 17.2. The fourth-order valence-electron chi connectivity index (χ4n) is 3.27. The normalized spacial score (nSPS) is 12.4. The number of nitriles is 1. The molecule has 0 N–H and O–H groups in total. The van der Waals surface area contributed by atoms with Crippen LogP contribution in [-0.2, 0) is 0 Å². The molecule has 1 unspecified atom stereocenters. The minimum absolute atomic E-state index is 0.0347. The molecule has 0 spiro atoms. The lowest BCUT2D eigenvalue weighted by atomic mass is 10.0. The SMILES string of the molecule is COc1cc(-n2cnc3cc(C(C)C#N)ccc32)cc(OC)c1C(=O)CCC(F)(F)F. The largest absolute Gasteiger partial charge is 0.496 e. The topological polar surface area (TPSA) is 77.1 Å². The first-order chi connectivity index (χ1) is 14.7. The molecule has 0 aliphatic heterocycles. The molecule has 0 bridgehead atoms. The standard InChI is InChI=1S/C22H20F3N3O3/c1-13(11-26)14-4-5-17-16(8-14)27-12-28(17)15-9-19(30-2)21(20(10-15)31-3)18(29)6-7-22(23,24)25/h4-5,8-10,12-13H,6-7H2,1-3H3. The van der Waals surface area contributed by atoms with E-state index in [1.807, 2.05) is 18.2 Å². The van der Waals surface area contributed by atoms with Crippen LogP contribution >= 0.6 is 0 Å². The summed E-state index contributed by atoms with van der Waals surface area (Å²) in [5, 5.41) is 9.12. The summed E-state index contributed by atoms with van der Waals surface area (Å²) in [5.41, 5.74) is 2.77. The molecule has 0 aliphatic rings. The molecule has 3 aromatic rings. The molecule has 0 amide bonds. The smallest absolute Gasteiger partial charge is 0.389 e. The molecule has 6 nitrogen and oxygen atoms in total. The van der Waals surface area contributed by atoms with Crippen LogP contribution in [0.4, 0.5) is 13.2 Å². The molecule has 9 heteroatoms. The van der Waals surface area contributed by atoms with Crippen molar-refractivity contribution in [1.82, 2.24) is 9.55 Å². The van der Waals surface area contributed by atoms with E-state index in [-0.39, 0.29) is 23.0 Å². The van der Waals surface area contributed by atoms with Crippen LogP contribution in [0.25, 0.3) is 16.7 Å². The van der Waals surface area contributed by atoms with E-state index in [9.17, 15) is 18.0 Å². The van der Waals surface area contributed by atoms with E-state index in [1.165, 1.54) is 14.2 Å². The summed E-state index contributed by atoms with van der Waals surface area (Å²) < 4.78 is 50.0.